The van der Waals surface area contributed by atoms with Crippen LogP contribution < -0.4 is 5.32 Å². The van der Waals surface area contributed by atoms with Gasteiger partial charge in [0.2, 0.25) is 0 Å². The van der Waals surface area contributed by atoms with E-state index in [4.69, 9.17) is 5.11 Å². The molecule has 2 aromatic rings. The van der Waals surface area contributed by atoms with Crippen LogP contribution in [-0.2, 0) is 15.6 Å². The number of carboxylic acid groups (broad SMARTS) is 1. The molecule has 0 radical (unpaired) electrons. The number of benzene rings is 1. The third kappa shape index (κ3) is 3.28. The van der Waals surface area contributed by atoms with Gasteiger partial charge in [-0.15, -0.1) is 0 Å². The van der Waals surface area contributed by atoms with Crippen LogP contribution in [-0.4, -0.2) is 36.1 Å². The molecule has 2 N–H and O–H groups in total. The average molecular weight is 346 g/mol. The summed E-state index contributed by atoms with van der Waals surface area (Å²) in [5, 5.41) is 11.5. The molecular weight excluding hydrogens is 332 g/mol. The Bertz CT molecular complexity index is 906. The Labute approximate surface area is 138 Å². The summed E-state index contributed by atoms with van der Waals surface area (Å²) < 4.78 is 24.1. The first-order valence-corrected chi connectivity index (χ1v) is 8.96. The smallest absolute Gasteiger partial charge is 0.337 e. The standard InChI is InChI=1S/C16H14N2O5S/c19-15(13-6-5-10(7-17-13)16(20)21)18-14-9-24(22,23)8-11-3-1-2-4-12(11)14/h1-7,14H,8-9H2,(H,18,19)(H,20,21). The first kappa shape index (κ1) is 16.1. The van der Waals surface area contributed by atoms with Gasteiger partial charge >= 0.3 is 5.97 Å². The van der Waals surface area contributed by atoms with Gasteiger partial charge in [0.15, 0.2) is 9.84 Å². The Morgan fingerprint density at radius 2 is 1.92 bits per heavy atom. The Balaban J connectivity index is 1.85. The minimum Gasteiger partial charge on any atom is -0.478 e. The Kier molecular flexibility index (Phi) is 4.06. The summed E-state index contributed by atoms with van der Waals surface area (Å²) in [6.45, 7) is 0. The molecule has 24 heavy (non-hydrogen) atoms. The number of sulfone groups is 1. The number of hydrogen-bond donors (Lipinski definition) is 2. The number of pyridine rings is 1. The summed E-state index contributed by atoms with van der Waals surface area (Å²) in [5.74, 6) is -1.91. The van der Waals surface area contributed by atoms with Crippen molar-refractivity contribution in [2.45, 2.75) is 11.8 Å². The molecule has 0 saturated heterocycles. The van der Waals surface area contributed by atoms with Gasteiger partial charge in [0.1, 0.15) is 5.69 Å². The van der Waals surface area contributed by atoms with Gasteiger partial charge in [-0.05, 0) is 23.3 Å². The normalized spacial score (nSPS) is 18.4. The second-order valence-electron chi connectivity index (χ2n) is 5.52. The zero-order valence-electron chi connectivity index (χ0n) is 12.5. The van der Waals surface area contributed by atoms with Crippen molar-refractivity contribution < 1.29 is 23.1 Å². The van der Waals surface area contributed by atoms with Crippen molar-refractivity contribution in [3.05, 3.63) is 65.0 Å². The topological polar surface area (TPSA) is 113 Å². The highest BCUT2D eigenvalue weighted by molar-refractivity contribution is 7.90. The zero-order chi connectivity index (χ0) is 17.3. The van der Waals surface area contributed by atoms with E-state index in [-0.39, 0.29) is 22.8 Å². The molecule has 7 nitrogen and oxygen atoms in total. The van der Waals surface area contributed by atoms with Crippen molar-refractivity contribution in [1.29, 1.82) is 0 Å². The first-order valence-electron chi connectivity index (χ1n) is 7.14. The molecule has 0 spiro atoms. The van der Waals surface area contributed by atoms with Gasteiger partial charge < -0.3 is 10.4 Å². The van der Waals surface area contributed by atoms with E-state index >= 15 is 0 Å². The molecule has 8 heteroatoms. The second-order valence-corrected chi connectivity index (χ2v) is 7.63. The summed E-state index contributed by atoms with van der Waals surface area (Å²) >= 11 is 0. The predicted octanol–water partition coefficient (Wildman–Crippen LogP) is 1.18. The molecule has 0 fully saturated rings. The van der Waals surface area contributed by atoms with Crippen LogP contribution in [0.4, 0.5) is 0 Å². The molecule has 1 amide bonds. The number of nitrogens with one attached hydrogen (secondary N) is 1. The third-order valence-electron chi connectivity index (χ3n) is 3.77. The fourth-order valence-electron chi connectivity index (χ4n) is 2.65. The number of carboxylic acids is 1. The van der Waals surface area contributed by atoms with Crippen molar-refractivity contribution in [1.82, 2.24) is 10.3 Å². The second kappa shape index (κ2) is 6.04. The monoisotopic (exact) mass is 346 g/mol. The van der Waals surface area contributed by atoms with E-state index in [1.54, 1.807) is 24.3 Å². The van der Waals surface area contributed by atoms with Gasteiger partial charge in [-0.25, -0.2) is 13.2 Å². The number of amides is 1. The van der Waals surface area contributed by atoms with E-state index in [1.807, 2.05) is 0 Å². The van der Waals surface area contributed by atoms with Crippen molar-refractivity contribution in [3.63, 3.8) is 0 Å². The lowest BCUT2D eigenvalue weighted by atomic mass is 10.0. The fraction of sp³-hybridized carbons (Fsp3) is 0.188. The Hall–Kier alpha value is -2.74. The first-order chi connectivity index (χ1) is 11.4. The minimum atomic E-state index is -3.30. The average Bonchev–Trinajstić information content (AvgIpc) is 2.53. The minimum absolute atomic E-state index is 0.0282. The van der Waals surface area contributed by atoms with E-state index < -0.39 is 27.8 Å². The van der Waals surface area contributed by atoms with Crippen molar-refractivity contribution in [2.75, 3.05) is 5.75 Å². The SMILES string of the molecule is O=C(O)c1ccc(C(=O)NC2CS(=O)(=O)Cc3ccccc32)nc1. The summed E-state index contributed by atoms with van der Waals surface area (Å²) in [7, 11) is -3.30. The number of nitrogens with zero attached hydrogens (tertiary/aromatic N) is 1. The molecule has 0 aliphatic carbocycles. The molecule has 1 aliphatic heterocycles. The highest BCUT2D eigenvalue weighted by atomic mass is 32.2. The maximum absolute atomic E-state index is 12.3. The van der Waals surface area contributed by atoms with Crippen LogP contribution in [0, 0.1) is 0 Å². The van der Waals surface area contributed by atoms with Crippen LogP contribution in [0.2, 0.25) is 0 Å². The van der Waals surface area contributed by atoms with Crippen molar-refractivity contribution >= 4 is 21.7 Å². The van der Waals surface area contributed by atoms with Crippen LogP contribution in [0.3, 0.4) is 0 Å². The summed E-state index contributed by atoms with van der Waals surface area (Å²) in [4.78, 5) is 26.9. The Morgan fingerprint density at radius 1 is 1.17 bits per heavy atom. The largest absolute Gasteiger partial charge is 0.478 e. The van der Waals surface area contributed by atoms with E-state index in [1.165, 1.54) is 12.1 Å². The predicted molar refractivity (Wildman–Crippen MR) is 85.3 cm³/mol. The van der Waals surface area contributed by atoms with Gasteiger partial charge in [-0.2, -0.15) is 0 Å². The van der Waals surface area contributed by atoms with E-state index in [0.717, 1.165) is 11.8 Å². The molecule has 1 atom stereocenters. The molecule has 124 valence electrons. The fourth-order valence-corrected chi connectivity index (χ4v) is 4.28. The molecule has 1 aromatic carbocycles. The van der Waals surface area contributed by atoms with E-state index in [2.05, 4.69) is 10.3 Å². The highest BCUT2D eigenvalue weighted by Crippen LogP contribution is 2.28. The molecule has 0 saturated carbocycles. The molecule has 1 aliphatic rings. The highest BCUT2D eigenvalue weighted by Gasteiger charge is 2.30. The molecule has 1 unspecified atom stereocenters. The number of carbonyl (C=O) groups excluding carboxylic acids is 1. The maximum atomic E-state index is 12.3. The summed E-state index contributed by atoms with van der Waals surface area (Å²) in [5.41, 5.74) is 1.43. The zero-order valence-corrected chi connectivity index (χ0v) is 13.3. The molecular formula is C16H14N2O5S. The van der Waals surface area contributed by atoms with Gasteiger partial charge in [0.25, 0.3) is 5.91 Å². The van der Waals surface area contributed by atoms with Gasteiger partial charge in [-0.1, -0.05) is 24.3 Å². The summed E-state index contributed by atoms with van der Waals surface area (Å²) in [6, 6.07) is 8.97. The quantitative estimate of drug-likeness (QED) is 0.863. The number of rotatable bonds is 3. The van der Waals surface area contributed by atoms with Crippen molar-refractivity contribution in [3.8, 4) is 0 Å². The number of hydrogen-bond acceptors (Lipinski definition) is 5. The molecule has 0 bridgehead atoms. The molecule has 3 rings (SSSR count). The van der Waals surface area contributed by atoms with Crippen LogP contribution in [0.15, 0.2) is 42.6 Å². The molecule has 2 heterocycles. The Morgan fingerprint density at radius 3 is 2.58 bits per heavy atom. The number of fused-ring (bicyclic) bond motifs is 1. The lowest BCUT2D eigenvalue weighted by molar-refractivity contribution is 0.0695. The van der Waals surface area contributed by atoms with Crippen LogP contribution in [0.25, 0.3) is 0 Å². The number of aromatic nitrogens is 1. The third-order valence-corrected chi connectivity index (χ3v) is 5.37. The van der Waals surface area contributed by atoms with Crippen LogP contribution >= 0.6 is 0 Å². The van der Waals surface area contributed by atoms with Crippen molar-refractivity contribution in [2.24, 2.45) is 0 Å². The maximum Gasteiger partial charge on any atom is 0.337 e. The van der Waals surface area contributed by atoms with Gasteiger partial charge in [0, 0.05) is 6.20 Å². The van der Waals surface area contributed by atoms with Gasteiger partial charge in [-0.3, -0.25) is 9.78 Å². The lowest BCUT2D eigenvalue weighted by Crippen LogP contribution is -2.37. The van der Waals surface area contributed by atoms with Crippen LogP contribution in [0.5, 0.6) is 0 Å². The van der Waals surface area contributed by atoms with E-state index in [0.29, 0.717) is 5.56 Å². The summed E-state index contributed by atoms with van der Waals surface area (Å²) in [6.07, 6.45) is 1.09. The number of aromatic carboxylic acids is 1. The van der Waals surface area contributed by atoms with E-state index in [9.17, 15) is 18.0 Å². The van der Waals surface area contributed by atoms with Crippen LogP contribution in [0.1, 0.15) is 38.0 Å². The number of carbonyl (C=O) groups is 2. The molecule has 1 aromatic heterocycles. The van der Waals surface area contributed by atoms with Gasteiger partial charge in [0.05, 0.1) is 23.1 Å². The lowest BCUT2D eigenvalue weighted by Gasteiger charge is -2.26.